The van der Waals surface area contributed by atoms with Gasteiger partial charge in [0.15, 0.2) is 5.16 Å². The second-order valence-corrected chi connectivity index (χ2v) is 7.58. The molecule has 2 aromatic heterocycles. The highest BCUT2D eigenvalue weighted by atomic mass is 32.2. The van der Waals surface area contributed by atoms with Gasteiger partial charge in [0, 0.05) is 23.7 Å². The normalized spacial score (nSPS) is 14.7. The number of hydrogen-bond donors (Lipinski definition) is 1. The monoisotopic (exact) mass is 374 g/mol. The number of carbonyl (C=O) groups excluding carboxylic acids is 1. The van der Waals surface area contributed by atoms with E-state index in [2.05, 4.69) is 10.3 Å². The fourth-order valence-corrected chi connectivity index (χ4v) is 4.22. The van der Waals surface area contributed by atoms with Crippen molar-refractivity contribution in [3.8, 4) is 0 Å². The molecule has 3 aromatic rings. The van der Waals surface area contributed by atoms with Gasteiger partial charge in [-0.25, -0.2) is 9.37 Å². The van der Waals surface area contributed by atoms with Crippen molar-refractivity contribution in [1.29, 1.82) is 0 Å². The molecule has 0 spiro atoms. The van der Waals surface area contributed by atoms with E-state index in [4.69, 9.17) is 0 Å². The van der Waals surface area contributed by atoms with Gasteiger partial charge in [0.2, 0.25) is 5.91 Å². The molecule has 1 aromatic carbocycles. The number of carbonyl (C=O) groups is 1. The summed E-state index contributed by atoms with van der Waals surface area (Å²) in [5.74, 6) is 0.215. The van der Waals surface area contributed by atoms with Crippen molar-refractivity contribution >= 4 is 39.6 Å². The molecule has 1 atom stereocenters. The molecule has 0 aliphatic carbocycles. The summed E-state index contributed by atoms with van der Waals surface area (Å²) < 4.78 is 17.1. The molecule has 1 unspecified atom stereocenters. The Morgan fingerprint density at radius 2 is 2.27 bits per heavy atom. The van der Waals surface area contributed by atoms with E-state index in [-0.39, 0.29) is 24.1 Å². The molecule has 0 fully saturated rings. The third kappa shape index (κ3) is 2.68. The molecule has 0 radical (unpaired) electrons. The van der Waals surface area contributed by atoms with Crippen molar-refractivity contribution < 1.29 is 9.18 Å². The van der Waals surface area contributed by atoms with Gasteiger partial charge in [-0.15, -0.1) is 0 Å². The Hall–Kier alpha value is -2.35. The molecule has 4 rings (SSSR count). The fourth-order valence-electron chi connectivity index (χ4n) is 3.28. The van der Waals surface area contributed by atoms with Crippen LogP contribution in [0, 0.1) is 5.82 Å². The molecule has 1 aliphatic heterocycles. The van der Waals surface area contributed by atoms with Crippen LogP contribution in [0.25, 0.3) is 21.9 Å². The number of hydrogen-bond acceptors (Lipinski definition) is 4. The number of nitrogens with one attached hydrogen (secondary N) is 1. The van der Waals surface area contributed by atoms with Crippen molar-refractivity contribution in [3.05, 3.63) is 34.4 Å². The lowest BCUT2D eigenvalue weighted by atomic mass is 10.2. The van der Waals surface area contributed by atoms with E-state index in [1.54, 1.807) is 15.2 Å². The Balaban J connectivity index is 1.95. The minimum absolute atomic E-state index is 0.000613. The van der Waals surface area contributed by atoms with Gasteiger partial charge in [0.05, 0.1) is 5.52 Å². The molecule has 0 bridgehead atoms. The number of aromatic nitrogens is 3. The average molecular weight is 374 g/mol. The van der Waals surface area contributed by atoms with Gasteiger partial charge in [-0.1, -0.05) is 18.7 Å². The predicted molar refractivity (Wildman–Crippen MR) is 100 cm³/mol. The molecule has 3 heterocycles. The van der Waals surface area contributed by atoms with Crippen LogP contribution in [0.5, 0.6) is 0 Å². The molecule has 1 N–H and O–H groups in total. The van der Waals surface area contributed by atoms with Crippen LogP contribution in [0.15, 0.2) is 28.2 Å². The van der Waals surface area contributed by atoms with Gasteiger partial charge in [0.1, 0.15) is 23.4 Å². The molecule has 136 valence electrons. The van der Waals surface area contributed by atoms with Gasteiger partial charge >= 0.3 is 0 Å². The topological polar surface area (TPSA) is 68.9 Å². The molecule has 0 saturated heterocycles. The zero-order chi connectivity index (χ0) is 18.4. The van der Waals surface area contributed by atoms with Crippen LogP contribution in [0.2, 0.25) is 0 Å². The summed E-state index contributed by atoms with van der Waals surface area (Å²) in [6, 6.07) is 4.37. The van der Waals surface area contributed by atoms with E-state index >= 15 is 0 Å². The molecule has 1 amide bonds. The van der Waals surface area contributed by atoms with Crippen molar-refractivity contribution in [1.82, 2.24) is 19.4 Å². The summed E-state index contributed by atoms with van der Waals surface area (Å²) >= 11 is 1.51. The summed E-state index contributed by atoms with van der Waals surface area (Å²) in [6.45, 7) is 4.52. The number of benzene rings is 1. The smallest absolute Gasteiger partial charge is 0.278 e. The highest BCUT2D eigenvalue weighted by Gasteiger charge is 2.23. The lowest BCUT2D eigenvalue weighted by Gasteiger charge is -2.13. The molecule has 8 heteroatoms. The maximum absolute atomic E-state index is 13.8. The first-order valence-corrected chi connectivity index (χ1v) is 9.62. The van der Waals surface area contributed by atoms with Crippen molar-refractivity contribution in [3.63, 3.8) is 0 Å². The van der Waals surface area contributed by atoms with E-state index in [9.17, 15) is 14.0 Å². The standard InChI is InChI=1S/C18H19FN4O2S/c1-3-10(2)20-14(24)9-23-13-5-4-11(19)8-12(13)15-16(23)17(25)22-6-7-26-18(22)21-15/h4-5,8,10H,3,6-7,9H2,1-2H3,(H,20,24). The van der Waals surface area contributed by atoms with Crippen LogP contribution < -0.4 is 10.9 Å². The number of amides is 1. The van der Waals surface area contributed by atoms with Gasteiger partial charge in [-0.3, -0.25) is 14.2 Å². The first kappa shape index (κ1) is 17.1. The van der Waals surface area contributed by atoms with Crippen LogP contribution in [0.1, 0.15) is 20.3 Å². The van der Waals surface area contributed by atoms with E-state index in [0.717, 1.165) is 12.2 Å². The quantitative estimate of drug-likeness (QED) is 0.713. The van der Waals surface area contributed by atoms with Crippen LogP contribution in [-0.4, -0.2) is 31.8 Å². The Bertz CT molecular complexity index is 1090. The zero-order valence-corrected chi connectivity index (χ0v) is 15.4. The van der Waals surface area contributed by atoms with Gasteiger partial charge in [-0.2, -0.15) is 0 Å². The summed E-state index contributed by atoms with van der Waals surface area (Å²) in [7, 11) is 0. The molecule has 26 heavy (non-hydrogen) atoms. The second-order valence-electron chi connectivity index (χ2n) is 6.52. The summed E-state index contributed by atoms with van der Waals surface area (Å²) in [6.07, 6.45) is 0.819. The van der Waals surface area contributed by atoms with Crippen molar-refractivity contribution in [2.75, 3.05) is 5.75 Å². The van der Waals surface area contributed by atoms with Gasteiger partial charge < -0.3 is 9.88 Å². The molecule has 6 nitrogen and oxygen atoms in total. The van der Waals surface area contributed by atoms with Gasteiger partial charge in [-0.05, 0) is 31.5 Å². The summed E-state index contributed by atoms with van der Waals surface area (Å²) in [5.41, 5.74) is 1.28. The van der Waals surface area contributed by atoms with Crippen LogP contribution in [0.3, 0.4) is 0 Å². The Labute approximate surface area is 153 Å². The number of nitrogens with zero attached hydrogens (tertiary/aromatic N) is 3. The molecular formula is C18H19FN4O2S. The van der Waals surface area contributed by atoms with Crippen molar-refractivity contribution in [2.45, 2.75) is 44.6 Å². The SMILES string of the molecule is CCC(C)NC(=O)Cn1c2ccc(F)cc2c2nc3n(c(=O)c21)CCS3. The Morgan fingerprint density at radius 3 is 3.04 bits per heavy atom. The number of thioether (sulfide) groups is 1. The number of rotatable bonds is 4. The lowest BCUT2D eigenvalue weighted by molar-refractivity contribution is -0.122. The lowest BCUT2D eigenvalue weighted by Crippen LogP contribution is -2.35. The van der Waals surface area contributed by atoms with Crippen molar-refractivity contribution in [2.24, 2.45) is 0 Å². The van der Waals surface area contributed by atoms with E-state index in [1.807, 2.05) is 13.8 Å². The molecule has 0 saturated carbocycles. The third-order valence-corrected chi connectivity index (χ3v) is 5.71. The Kier molecular flexibility index (Phi) is 4.22. The first-order valence-electron chi connectivity index (χ1n) is 8.64. The molecular weight excluding hydrogens is 355 g/mol. The predicted octanol–water partition coefficient (Wildman–Crippen LogP) is 2.51. The average Bonchev–Trinajstić information content (AvgIpc) is 3.19. The van der Waals surface area contributed by atoms with Gasteiger partial charge in [0.25, 0.3) is 5.56 Å². The van der Waals surface area contributed by atoms with E-state index in [0.29, 0.717) is 33.6 Å². The highest BCUT2D eigenvalue weighted by molar-refractivity contribution is 7.99. The maximum atomic E-state index is 13.8. The minimum atomic E-state index is -0.393. The maximum Gasteiger partial charge on any atom is 0.278 e. The highest BCUT2D eigenvalue weighted by Crippen LogP contribution is 2.30. The zero-order valence-electron chi connectivity index (χ0n) is 14.6. The van der Waals surface area contributed by atoms with Crippen LogP contribution in [0.4, 0.5) is 4.39 Å². The minimum Gasteiger partial charge on any atom is -0.352 e. The number of halogens is 1. The number of fused-ring (bicyclic) bond motifs is 4. The van der Waals surface area contributed by atoms with E-state index < -0.39 is 5.82 Å². The Morgan fingerprint density at radius 1 is 1.46 bits per heavy atom. The van der Waals surface area contributed by atoms with Crippen LogP contribution >= 0.6 is 11.8 Å². The third-order valence-electron chi connectivity index (χ3n) is 4.75. The molecule has 1 aliphatic rings. The van der Waals surface area contributed by atoms with Crippen LogP contribution in [-0.2, 0) is 17.9 Å². The second kappa shape index (κ2) is 6.42. The van der Waals surface area contributed by atoms with E-state index in [1.165, 1.54) is 23.9 Å². The fraction of sp³-hybridized carbons (Fsp3) is 0.389. The largest absolute Gasteiger partial charge is 0.352 e. The summed E-state index contributed by atoms with van der Waals surface area (Å²) in [5, 5.41) is 4.12. The summed E-state index contributed by atoms with van der Waals surface area (Å²) in [4.78, 5) is 30.1. The first-order chi connectivity index (χ1) is 12.5.